The van der Waals surface area contributed by atoms with E-state index in [1.807, 2.05) is 6.07 Å². The van der Waals surface area contributed by atoms with Crippen molar-refractivity contribution in [1.82, 2.24) is 15.0 Å². The van der Waals surface area contributed by atoms with Crippen molar-refractivity contribution < 1.29 is 4.42 Å². The summed E-state index contributed by atoms with van der Waals surface area (Å²) in [6, 6.07) is 48.8. The van der Waals surface area contributed by atoms with Gasteiger partial charge in [-0.05, 0) is 67.7 Å². The summed E-state index contributed by atoms with van der Waals surface area (Å²) >= 11 is 0. The molecular formula is C44H28N4O. The monoisotopic (exact) mass is 628 g/mol. The van der Waals surface area contributed by atoms with Crippen LogP contribution in [-0.4, -0.2) is 21.5 Å². The molecule has 0 radical (unpaired) electrons. The minimum atomic E-state index is 0.641. The third-order valence-corrected chi connectivity index (χ3v) is 9.50. The zero-order chi connectivity index (χ0) is 32.3. The third-order valence-electron chi connectivity index (χ3n) is 9.50. The number of benzene rings is 7. The van der Waals surface area contributed by atoms with Gasteiger partial charge in [0.2, 0.25) is 5.88 Å². The van der Waals surface area contributed by atoms with Gasteiger partial charge >= 0.3 is 0 Å². The van der Waals surface area contributed by atoms with Gasteiger partial charge in [-0.25, -0.2) is 15.0 Å². The molecule has 0 atom stereocenters. The summed E-state index contributed by atoms with van der Waals surface area (Å²) in [6.45, 7) is 0.767. The standard InChI is InChI=1S/C44H28N4O/c1-3-10-29-24-33(19-17-27(29)8-1)41-46-42(34-20-18-28-9-2-4-11-30(28)25-34)48-43(47-41)37-14-5-12-31-26-32(21-22-35(31)37)36-13-6-16-39-40(36)38-15-7-23-45-44(38)49-39/h1-22,24-26,45H,23H2. The van der Waals surface area contributed by atoms with Gasteiger partial charge in [0.1, 0.15) is 5.58 Å². The Morgan fingerprint density at radius 2 is 1.08 bits per heavy atom. The van der Waals surface area contributed by atoms with E-state index in [4.69, 9.17) is 19.4 Å². The van der Waals surface area contributed by atoms with E-state index in [-0.39, 0.29) is 0 Å². The van der Waals surface area contributed by atoms with Crippen molar-refractivity contribution in [2.45, 2.75) is 0 Å². The lowest BCUT2D eigenvalue weighted by Gasteiger charge is -2.12. The van der Waals surface area contributed by atoms with E-state index in [0.717, 1.165) is 78.3 Å². The quantitative estimate of drug-likeness (QED) is 0.210. The summed E-state index contributed by atoms with van der Waals surface area (Å²) in [6.07, 6.45) is 4.29. The van der Waals surface area contributed by atoms with Crippen LogP contribution in [0.2, 0.25) is 0 Å². The maximum Gasteiger partial charge on any atom is 0.201 e. The van der Waals surface area contributed by atoms with Crippen molar-refractivity contribution >= 4 is 55.2 Å². The summed E-state index contributed by atoms with van der Waals surface area (Å²) in [4.78, 5) is 15.3. The molecule has 1 aliphatic heterocycles. The lowest BCUT2D eigenvalue weighted by Crippen LogP contribution is -2.01. The van der Waals surface area contributed by atoms with Crippen LogP contribution in [0.15, 0.2) is 150 Å². The second kappa shape index (κ2) is 11.0. The maximum atomic E-state index is 6.17. The van der Waals surface area contributed by atoms with Crippen molar-refractivity contribution in [3.63, 3.8) is 0 Å². The number of fused-ring (bicyclic) bond motifs is 6. The van der Waals surface area contributed by atoms with Crippen LogP contribution in [0.3, 0.4) is 0 Å². The van der Waals surface area contributed by atoms with Gasteiger partial charge in [0.25, 0.3) is 0 Å². The summed E-state index contributed by atoms with van der Waals surface area (Å²) in [7, 11) is 0. The fourth-order valence-corrected chi connectivity index (χ4v) is 7.09. The van der Waals surface area contributed by atoms with Crippen LogP contribution in [0.4, 0.5) is 5.88 Å². The molecule has 0 aliphatic carbocycles. The lowest BCUT2D eigenvalue weighted by atomic mass is 9.94. The average molecular weight is 629 g/mol. The highest BCUT2D eigenvalue weighted by molar-refractivity contribution is 6.06. The Bertz CT molecular complexity index is 2700. The van der Waals surface area contributed by atoms with Crippen molar-refractivity contribution in [2.75, 3.05) is 11.9 Å². The Morgan fingerprint density at radius 1 is 0.490 bits per heavy atom. The molecule has 0 unspecified atom stereocenters. The van der Waals surface area contributed by atoms with E-state index >= 15 is 0 Å². The molecule has 7 aromatic carbocycles. The molecule has 0 saturated heterocycles. The highest BCUT2D eigenvalue weighted by Crippen LogP contribution is 2.41. The number of hydrogen-bond acceptors (Lipinski definition) is 5. The maximum absolute atomic E-state index is 6.17. The predicted molar refractivity (Wildman–Crippen MR) is 201 cm³/mol. The van der Waals surface area contributed by atoms with Crippen LogP contribution in [0.25, 0.3) is 94.7 Å². The summed E-state index contributed by atoms with van der Waals surface area (Å²) < 4.78 is 6.17. The van der Waals surface area contributed by atoms with Crippen molar-refractivity contribution in [1.29, 1.82) is 0 Å². The average Bonchev–Trinajstić information content (AvgIpc) is 3.56. The van der Waals surface area contributed by atoms with E-state index in [0.29, 0.717) is 17.5 Å². The first-order chi connectivity index (χ1) is 24.2. The molecule has 49 heavy (non-hydrogen) atoms. The number of rotatable bonds is 4. The van der Waals surface area contributed by atoms with Gasteiger partial charge in [-0.2, -0.15) is 0 Å². The molecule has 0 saturated carbocycles. The van der Waals surface area contributed by atoms with Crippen molar-refractivity contribution in [3.05, 3.63) is 151 Å². The van der Waals surface area contributed by atoms with Crippen molar-refractivity contribution in [3.8, 4) is 45.3 Å². The highest BCUT2D eigenvalue weighted by atomic mass is 16.3. The molecule has 5 heteroatoms. The second-order valence-electron chi connectivity index (χ2n) is 12.5. The second-order valence-corrected chi connectivity index (χ2v) is 12.5. The molecule has 3 heterocycles. The van der Waals surface area contributed by atoms with E-state index < -0.39 is 0 Å². The smallest absolute Gasteiger partial charge is 0.201 e. The molecule has 10 rings (SSSR count). The summed E-state index contributed by atoms with van der Waals surface area (Å²) in [5.41, 5.74) is 7.10. The molecule has 2 aromatic heterocycles. The van der Waals surface area contributed by atoms with Crippen LogP contribution in [-0.2, 0) is 0 Å². The minimum absolute atomic E-state index is 0.641. The number of anilines is 1. The number of hydrogen-bond donors (Lipinski definition) is 1. The van der Waals surface area contributed by atoms with Crippen LogP contribution in [0.5, 0.6) is 0 Å². The largest absolute Gasteiger partial charge is 0.440 e. The first-order valence-corrected chi connectivity index (χ1v) is 16.5. The Kier molecular flexibility index (Phi) is 6.18. The molecule has 5 nitrogen and oxygen atoms in total. The summed E-state index contributed by atoms with van der Waals surface area (Å²) in [5, 5.41) is 11.3. The molecule has 0 amide bonds. The van der Waals surface area contributed by atoms with Crippen LogP contribution in [0.1, 0.15) is 5.56 Å². The topological polar surface area (TPSA) is 63.8 Å². The molecule has 1 N–H and O–H groups in total. The Labute approximate surface area is 282 Å². The number of aromatic nitrogens is 3. The fraction of sp³-hybridized carbons (Fsp3) is 0.0227. The third kappa shape index (κ3) is 4.67. The number of furan rings is 1. The molecule has 230 valence electrons. The van der Waals surface area contributed by atoms with Crippen LogP contribution >= 0.6 is 0 Å². The van der Waals surface area contributed by atoms with Gasteiger partial charge in [0.05, 0.1) is 0 Å². The Balaban J connectivity index is 1.15. The molecule has 0 spiro atoms. The van der Waals surface area contributed by atoms with E-state index in [1.165, 1.54) is 10.8 Å². The van der Waals surface area contributed by atoms with Gasteiger partial charge in [-0.15, -0.1) is 0 Å². The molecule has 0 bridgehead atoms. The summed E-state index contributed by atoms with van der Waals surface area (Å²) in [5.74, 6) is 2.75. The highest BCUT2D eigenvalue weighted by Gasteiger charge is 2.19. The van der Waals surface area contributed by atoms with Gasteiger partial charge < -0.3 is 9.73 Å². The predicted octanol–water partition coefficient (Wildman–Crippen LogP) is 11.2. The van der Waals surface area contributed by atoms with E-state index in [2.05, 4.69) is 151 Å². The Hall–Kier alpha value is -6.59. The minimum Gasteiger partial charge on any atom is -0.440 e. The fourth-order valence-electron chi connectivity index (χ4n) is 7.09. The molecular weight excluding hydrogens is 601 g/mol. The lowest BCUT2D eigenvalue weighted by molar-refractivity contribution is 0.628. The van der Waals surface area contributed by atoms with E-state index in [1.54, 1.807) is 0 Å². The van der Waals surface area contributed by atoms with Gasteiger partial charge in [0.15, 0.2) is 17.5 Å². The van der Waals surface area contributed by atoms with Crippen LogP contribution in [0, 0.1) is 0 Å². The van der Waals surface area contributed by atoms with Gasteiger partial charge in [-0.1, -0.05) is 127 Å². The number of nitrogens with zero attached hydrogens (tertiary/aromatic N) is 3. The van der Waals surface area contributed by atoms with Crippen LogP contribution < -0.4 is 5.32 Å². The first kappa shape index (κ1) is 27.5. The van der Waals surface area contributed by atoms with Crippen molar-refractivity contribution in [2.24, 2.45) is 0 Å². The van der Waals surface area contributed by atoms with Gasteiger partial charge in [-0.3, -0.25) is 0 Å². The Morgan fingerprint density at radius 3 is 1.82 bits per heavy atom. The number of nitrogens with one attached hydrogen (secondary N) is 1. The zero-order valence-electron chi connectivity index (χ0n) is 26.4. The zero-order valence-corrected chi connectivity index (χ0v) is 26.4. The molecule has 0 fully saturated rings. The van der Waals surface area contributed by atoms with E-state index in [9.17, 15) is 0 Å². The first-order valence-electron chi connectivity index (χ1n) is 16.5. The normalized spacial score (nSPS) is 12.5. The molecule has 1 aliphatic rings. The van der Waals surface area contributed by atoms with Gasteiger partial charge in [0, 0.05) is 34.2 Å². The SMILES string of the molecule is C1=Cc2c(oc3cccc(-c4ccc5c(-c6nc(-c7ccc8ccccc8c7)nc(-c7ccc8ccccc8c7)n6)cccc5c4)c23)NC1. The molecule has 9 aromatic rings.